The zero-order valence-electron chi connectivity index (χ0n) is 14.6. The van der Waals surface area contributed by atoms with E-state index >= 15 is 0 Å². The number of hydrogen-bond donors (Lipinski definition) is 1. The van der Waals surface area contributed by atoms with E-state index in [2.05, 4.69) is 5.32 Å². The number of nitrogens with one attached hydrogen (secondary N) is 1. The molecule has 0 atom stereocenters. The quantitative estimate of drug-likeness (QED) is 0.637. The molecule has 0 heterocycles. The lowest BCUT2D eigenvalue weighted by molar-refractivity contribution is -0.384. The van der Waals surface area contributed by atoms with Crippen LogP contribution < -0.4 is 14.8 Å². The second-order valence-corrected chi connectivity index (χ2v) is 5.43. The van der Waals surface area contributed by atoms with Crippen molar-refractivity contribution in [2.45, 2.75) is 20.3 Å². The average molecular weight is 344 g/mol. The van der Waals surface area contributed by atoms with Gasteiger partial charge in [0, 0.05) is 23.4 Å². The molecule has 2 rings (SSSR count). The van der Waals surface area contributed by atoms with Crippen molar-refractivity contribution in [3.8, 4) is 11.5 Å². The molecular formula is C18H20N2O5. The first-order valence-corrected chi connectivity index (χ1v) is 7.72. The number of carbonyl (C=O) groups excluding carboxylic acids is 1. The van der Waals surface area contributed by atoms with Crippen LogP contribution in [0.5, 0.6) is 11.5 Å². The number of methoxy groups -OCH3 is 2. The van der Waals surface area contributed by atoms with Gasteiger partial charge in [0.1, 0.15) is 0 Å². The number of aryl methyl sites for hydroxylation is 2. The molecule has 2 aromatic rings. The van der Waals surface area contributed by atoms with E-state index in [9.17, 15) is 14.9 Å². The highest BCUT2D eigenvalue weighted by Crippen LogP contribution is 2.30. The Bertz CT molecular complexity index is 817. The molecule has 25 heavy (non-hydrogen) atoms. The fourth-order valence-corrected chi connectivity index (χ4v) is 2.57. The van der Waals surface area contributed by atoms with Gasteiger partial charge in [-0.3, -0.25) is 14.9 Å². The zero-order valence-corrected chi connectivity index (χ0v) is 14.6. The summed E-state index contributed by atoms with van der Waals surface area (Å²) in [7, 11) is 3.01. The first-order valence-electron chi connectivity index (χ1n) is 7.72. The number of amides is 1. The van der Waals surface area contributed by atoms with E-state index in [-0.39, 0.29) is 11.6 Å². The molecule has 0 saturated heterocycles. The monoisotopic (exact) mass is 344 g/mol. The molecule has 132 valence electrons. The number of anilines is 1. The van der Waals surface area contributed by atoms with Crippen LogP contribution in [-0.4, -0.2) is 25.1 Å². The second-order valence-electron chi connectivity index (χ2n) is 5.43. The van der Waals surface area contributed by atoms with Gasteiger partial charge in [-0.2, -0.15) is 0 Å². The van der Waals surface area contributed by atoms with Crippen LogP contribution in [0, 0.1) is 17.0 Å². The summed E-state index contributed by atoms with van der Waals surface area (Å²) >= 11 is 0. The number of hydrogen-bond acceptors (Lipinski definition) is 5. The molecule has 0 spiro atoms. The van der Waals surface area contributed by atoms with E-state index in [1.54, 1.807) is 25.1 Å². The minimum atomic E-state index is -0.438. The molecule has 1 amide bonds. The van der Waals surface area contributed by atoms with Gasteiger partial charge in [-0.1, -0.05) is 6.92 Å². The largest absolute Gasteiger partial charge is 0.493 e. The molecule has 0 bridgehead atoms. The molecule has 2 aromatic carbocycles. The minimum Gasteiger partial charge on any atom is -0.493 e. The van der Waals surface area contributed by atoms with Gasteiger partial charge in [0.25, 0.3) is 11.6 Å². The summed E-state index contributed by atoms with van der Waals surface area (Å²) in [4.78, 5) is 23.1. The third-order valence-corrected chi connectivity index (χ3v) is 3.88. The molecule has 0 unspecified atom stereocenters. The van der Waals surface area contributed by atoms with E-state index in [4.69, 9.17) is 9.47 Å². The molecule has 1 N–H and O–H groups in total. The SMILES string of the molecule is CCc1cc([N+](=O)[O-])cc(C)c1NC(=O)c1ccc(OC)c(OC)c1. The van der Waals surface area contributed by atoms with Crippen LogP contribution in [0.15, 0.2) is 30.3 Å². The highest BCUT2D eigenvalue weighted by molar-refractivity contribution is 6.05. The second kappa shape index (κ2) is 7.65. The van der Waals surface area contributed by atoms with Gasteiger partial charge < -0.3 is 14.8 Å². The lowest BCUT2D eigenvalue weighted by atomic mass is 10.0. The standard InChI is InChI=1S/C18H20N2O5/c1-5-12-9-14(20(22)23)8-11(2)17(12)19-18(21)13-6-7-15(24-3)16(10-13)25-4/h6-10H,5H2,1-4H3,(H,19,21). The topological polar surface area (TPSA) is 90.7 Å². The summed E-state index contributed by atoms with van der Waals surface area (Å²) in [5, 5.41) is 13.8. The van der Waals surface area contributed by atoms with Gasteiger partial charge in [-0.15, -0.1) is 0 Å². The van der Waals surface area contributed by atoms with Gasteiger partial charge in [-0.25, -0.2) is 0 Å². The number of nitro groups is 1. The zero-order chi connectivity index (χ0) is 18.6. The number of nitro benzene ring substituents is 1. The van der Waals surface area contributed by atoms with Crippen LogP contribution in [0.3, 0.4) is 0 Å². The molecule has 0 aliphatic carbocycles. The number of benzene rings is 2. The maximum absolute atomic E-state index is 12.6. The summed E-state index contributed by atoms with van der Waals surface area (Å²) in [6.07, 6.45) is 0.560. The number of rotatable bonds is 6. The van der Waals surface area contributed by atoms with Gasteiger partial charge in [0.05, 0.1) is 19.1 Å². The average Bonchev–Trinajstić information content (AvgIpc) is 2.62. The van der Waals surface area contributed by atoms with Crippen molar-refractivity contribution in [1.82, 2.24) is 0 Å². The van der Waals surface area contributed by atoms with Gasteiger partial charge in [-0.05, 0) is 42.7 Å². The summed E-state index contributed by atoms with van der Waals surface area (Å²) in [5.41, 5.74) is 2.35. The van der Waals surface area contributed by atoms with Crippen molar-refractivity contribution in [2.75, 3.05) is 19.5 Å². The van der Waals surface area contributed by atoms with Crippen LogP contribution in [0.2, 0.25) is 0 Å². The van der Waals surface area contributed by atoms with Crippen LogP contribution in [0.4, 0.5) is 11.4 Å². The number of non-ortho nitro benzene ring substituents is 1. The van der Waals surface area contributed by atoms with Gasteiger partial charge >= 0.3 is 0 Å². The third kappa shape index (κ3) is 3.88. The Morgan fingerprint density at radius 2 is 1.84 bits per heavy atom. The van der Waals surface area contributed by atoms with Crippen molar-refractivity contribution >= 4 is 17.3 Å². The maximum atomic E-state index is 12.6. The molecule has 7 nitrogen and oxygen atoms in total. The fourth-order valence-electron chi connectivity index (χ4n) is 2.57. The Hall–Kier alpha value is -3.09. The molecule has 0 aromatic heterocycles. The van der Waals surface area contributed by atoms with E-state index in [0.29, 0.717) is 40.3 Å². The van der Waals surface area contributed by atoms with Crippen LogP contribution in [0.1, 0.15) is 28.4 Å². The molecule has 0 fully saturated rings. The van der Waals surface area contributed by atoms with Gasteiger partial charge in [0.2, 0.25) is 0 Å². The Labute approximate surface area is 145 Å². The number of carbonyl (C=O) groups is 1. The van der Waals surface area contributed by atoms with Crippen molar-refractivity contribution in [1.29, 1.82) is 0 Å². The minimum absolute atomic E-state index is 0.0125. The maximum Gasteiger partial charge on any atom is 0.270 e. The predicted octanol–water partition coefficient (Wildman–Crippen LogP) is 3.74. The predicted molar refractivity (Wildman–Crippen MR) is 94.7 cm³/mol. The number of nitrogens with zero attached hydrogens (tertiary/aromatic N) is 1. The van der Waals surface area contributed by atoms with Crippen LogP contribution in [0.25, 0.3) is 0 Å². The summed E-state index contributed by atoms with van der Waals surface area (Å²) in [5.74, 6) is 0.652. The normalized spacial score (nSPS) is 10.2. The van der Waals surface area contributed by atoms with E-state index in [1.807, 2.05) is 6.92 Å². The van der Waals surface area contributed by atoms with Crippen molar-refractivity contribution in [3.05, 3.63) is 57.1 Å². The molecule has 0 aliphatic rings. The first kappa shape index (κ1) is 18.3. The van der Waals surface area contributed by atoms with Crippen molar-refractivity contribution in [2.24, 2.45) is 0 Å². The van der Waals surface area contributed by atoms with E-state index in [0.717, 1.165) is 0 Å². The lowest BCUT2D eigenvalue weighted by Gasteiger charge is -2.14. The van der Waals surface area contributed by atoms with Crippen LogP contribution in [-0.2, 0) is 6.42 Å². The highest BCUT2D eigenvalue weighted by atomic mass is 16.6. The molecule has 0 aliphatic heterocycles. The molecule has 0 saturated carbocycles. The van der Waals surface area contributed by atoms with Gasteiger partial charge in [0.15, 0.2) is 11.5 Å². The van der Waals surface area contributed by atoms with Crippen molar-refractivity contribution < 1.29 is 19.2 Å². The Morgan fingerprint density at radius 3 is 2.40 bits per heavy atom. The fraction of sp³-hybridized carbons (Fsp3) is 0.278. The summed E-state index contributed by atoms with van der Waals surface area (Å²) in [6.45, 7) is 3.61. The Morgan fingerprint density at radius 1 is 1.16 bits per heavy atom. The van der Waals surface area contributed by atoms with Crippen LogP contribution >= 0.6 is 0 Å². The summed E-state index contributed by atoms with van der Waals surface area (Å²) < 4.78 is 10.4. The smallest absolute Gasteiger partial charge is 0.270 e. The molecule has 0 radical (unpaired) electrons. The summed E-state index contributed by atoms with van der Waals surface area (Å²) in [6, 6.07) is 7.79. The van der Waals surface area contributed by atoms with Crippen molar-refractivity contribution in [3.63, 3.8) is 0 Å². The van der Waals surface area contributed by atoms with E-state index < -0.39 is 4.92 Å². The Kier molecular flexibility index (Phi) is 5.59. The molecule has 7 heteroatoms. The first-order chi connectivity index (χ1) is 11.9. The Balaban J connectivity index is 2.36. The highest BCUT2D eigenvalue weighted by Gasteiger charge is 2.17. The molecular weight excluding hydrogens is 324 g/mol. The van der Waals surface area contributed by atoms with E-state index in [1.165, 1.54) is 26.4 Å². The lowest BCUT2D eigenvalue weighted by Crippen LogP contribution is -2.15. The number of ether oxygens (including phenoxy) is 2. The third-order valence-electron chi connectivity index (χ3n) is 3.88.